The number of pyridine rings is 1. The number of aldehydes is 1. The van der Waals surface area contributed by atoms with Crippen LogP contribution in [0.1, 0.15) is 44.3 Å². The summed E-state index contributed by atoms with van der Waals surface area (Å²) in [6.45, 7) is 1.50. The van der Waals surface area contributed by atoms with E-state index in [0.717, 1.165) is 11.1 Å². The number of hydrogen-bond acceptors (Lipinski definition) is 5. The van der Waals surface area contributed by atoms with Crippen LogP contribution in [-0.4, -0.2) is 65.6 Å². The van der Waals surface area contributed by atoms with Crippen LogP contribution >= 0.6 is 0 Å². The lowest BCUT2D eigenvalue weighted by Crippen LogP contribution is -2.56. The minimum atomic E-state index is -0.190. The first-order chi connectivity index (χ1) is 16.6. The Balaban J connectivity index is 1.66. The number of carbonyl (C=O) groups is 3. The SMILES string of the molecule is CNC(=O)C[C@@H]1CN(C(=O)c2cncc(C=O)c2)CCN1C(c1ccccc1)c1ccccc1. The second-order valence-corrected chi connectivity index (χ2v) is 8.37. The zero-order valence-electron chi connectivity index (χ0n) is 19.1. The van der Waals surface area contributed by atoms with Gasteiger partial charge in [0, 0.05) is 57.1 Å². The molecule has 1 N–H and O–H groups in total. The van der Waals surface area contributed by atoms with Crippen LogP contribution in [-0.2, 0) is 4.79 Å². The largest absolute Gasteiger partial charge is 0.359 e. The summed E-state index contributed by atoms with van der Waals surface area (Å²) in [6.07, 6.45) is 3.86. The molecule has 1 atom stereocenters. The predicted molar refractivity (Wildman–Crippen MR) is 129 cm³/mol. The maximum atomic E-state index is 13.2. The van der Waals surface area contributed by atoms with Gasteiger partial charge in [0.05, 0.1) is 11.6 Å². The van der Waals surface area contributed by atoms with Gasteiger partial charge in [0.15, 0.2) is 6.29 Å². The summed E-state index contributed by atoms with van der Waals surface area (Å²) in [4.78, 5) is 44.9. The molecule has 1 aliphatic heterocycles. The summed E-state index contributed by atoms with van der Waals surface area (Å²) >= 11 is 0. The number of benzene rings is 2. The van der Waals surface area contributed by atoms with Crippen molar-refractivity contribution in [2.45, 2.75) is 18.5 Å². The molecule has 2 aromatic carbocycles. The highest BCUT2D eigenvalue weighted by molar-refractivity contribution is 5.95. The van der Waals surface area contributed by atoms with Crippen molar-refractivity contribution < 1.29 is 14.4 Å². The normalized spacial score (nSPS) is 16.3. The Morgan fingerprint density at radius 3 is 2.26 bits per heavy atom. The Morgan fingerprint density at radius 2 is 1.68 bits per heavy atom. The maximum Gasteiger partial charge on any atom is 0.255 e. The minimum Gasteiger partial charge on any atom is -0.359 e. The van der Waals surface area contributed by atoms with E-state index in [1.165, 1.54) is 12.4 Å². The molecule has 2 heterocycles. The lowest BCUT2D eigenvalue weighted by atomic mass is 9.93. The number of hydrogen-bond donors (Lipinski definition) is 1. The van der Waals surface area contributed by atoms with Crippen LogP contribution in [0.2, 0.25) is 0 Å². The standard InChI is InChI=1S/C27H28N4O3/c1-28-25(33)15-24-18-30(27(34)23-14-20(19-32)16-29-17-23)12-13-31(24)26(21-8-4-2-5-9-21)22-10-6-3-7-11-22/h2-11,14,16-17,19,24,26H,12-13,15,18H2,1H3,(H,28,33)/t24-/m1/s1. The highest BCUT2D eigenvalue weighted by atomic mass is 16.2. The van der Waals surface area contributed by atoms with E-state index in [1.54, 1.807) is 18.0 Å². The van der Waals surface area contributed by atoms with Gasteiger partial charge < -0.3 is 10.2 Å². The Morgan fingerprint density at radius 1 is 1.03 bits per heavy atom. The molecule has 0 saturated carbocycles. The summed E-state index contributed by atoms with van der Waals surface area (Å²) in [7, 11) is 1.63. The summed E-state index contributed by atoms with van der Waals surface area (Å²) in [5.74, 6) is -0.262. The third kappa shape index (κ3) is 5.21. The number of piperazine rings is 1. The molecule has 0 spiro atoms. The van der Waals surface area contributed by atoms with Crippen LogP contribution < -0.4 is 5.32 Å². The number of nitrogens with zero attached hydrogens (tertiary/aromatic N) is 3. The van der Waals surface area contributed by atoms with Crippen molar-refractivity contribution in [2.75, 3.05) is 26.7 Å². The monoisotopic (exact) mass is 456 g/mol. The van der Waals surface area contributed by atoms with Crippen LogP contribution in [0, 0.1) is 0 Å². The average molecular weight is 457 g/mol. The summed E-state index contributed by atoms with van der Waals surface area (Å²) in [5, 5.41) is 2.72. The van der Waals surface area contributed by atoms with E-state index < -0.39 is 0 Å². The van der Waals surface area contributed by atoms with Gasteiger partial charge in [-0.1, -0.05) is 60.7 Å². The quantitative estimate of drug-likeness (QED) is 0.553. The molecule has 0 bridgehead atoms. The highest BCUT2D eigenvalue weighted by Gasteiger charge is 2.36. The molecule has 0 radical (unpaired) electrons. The van der Waals surface area contributed by atoms with Crippen LogP contribution in [0.5, 0.6) is 0 Å². The molecule has 0 aliphatic carbocycles. The van der Waals surface area contributed by atoms with Crippen molar-refractivity contribution in [3.05, 3.63) is 101 Å². The molecular formula is C27H28N4O3. The fraction of sp³-hybridized carbons (Fsp3) is 0.259. The molecule has 1 aromatic heterocycles. The van der Waals surface area contributed by atoms with Gasteiger partial charge in [0.25, 0.3) is 5.91 Å². The first-order valence-electron chi connectivity index (χ1n) is 11.4. The van der Waals surface area contributed by atoms with Crippen molar-refractivity contribution in [1.29, 1.82) is 0 Å². The second-order valence-electron chi connectivity index (χ2n) is 8.37. The fourth-order valence-corrected chi connectivity index (χ4v) is 4.56. The molecule has 7 nitrogen and oxygen atoms in total. The van der Waals surface area contributed by atoms with E-state index in [-0.39, 0.29) is 30.3 Å². The van der Waals surface area contributed by atoms with Crippen molar-refractivity contribution in [3.63, 3.8) is 0 Å². The number of nitrogens with one attached hydrogen (secondary N) is 1. The third-order valence-electron chi connectivity index (χ3n) is 6.22. The Bertz CT molecular complexity index is 1100. The number of rotatable bonds is 7. The van der Waals surface area contributed by atoms with Gasteiger partial charge in [-0.05, 0) is 17.2 Å². The molecule has 1 aliphatic rings. The summed E-state index contributed by atoms with van der Waals surface area (Å²) < 4.78 is 0. The average Bonchev–Trinajstić information content (AvgIpc) is 2.90. The molecule has 0 unspecified atom stereocenters. The molecule has 174 valence electrons. The molecule has 7 heteroatoms. The van der Waals surface area contributed by atoms with Gasteiger partial charge in [-0.25, -0.2) is 0 Å². The summed E-state index contributed by atoms with van der Waals surface area (Å²) in [5.41, 5.74) is 3.01. The Hall–Kier alpha value is -3.84. The van der Waals surface area contributed by atoms with Crippen LogP contribution in [0.4, 0.5) is 0 Å². The molecule has 4 rings (SSSR count). The number of amides is 2. The number of aromatic nitrogens is 1. The van der Waals surface area contributed by atoms with E-state index in [9.17, 15) is 14.4 Å². The Kier molecular flexibility index (Phi) is 7.44. The first kappa shape index (κ1) is 23.3. The predicted octanol–water partition coefficient (Wildman–Crippen LogP) is 2.95. The van der Waals surface area contributed by atoms with E-state index >= 15 is 0 Å². The van der Waals surface area contributed by atoms with Gasteiger partial charge in [-0.2, -0.15) is 0 Å². The molecule has 3 aromatic rings. The maximum absolute atomic E-state index is 13.2. The van der Waals surface area contributed by atoms with Gasteiger partial charge >= 0.3 is 0 Å². The van der Waals surface area contributed by atoms with Crippen molar-refractivity contribution in [2.24, 2.45) is 0 Å². The number of carbonyl (C=O) groups excluding carboxylic acids is 3. The van der Waals surface area contributed by atoms with Gasteiger partial charge in [-0.3, -0.25) is 24.3 Å². The second kappa shape index (κ2) is 10.9. The lowest BCUT2D eigenvalue weighted by molar-refractivity contribution is -0.122. The topological polar surface area (TPSA) is 82.6 Å². The Labute approximate surface area is 199 Å². The highest BCUT2D eigenvalue weighted by Crippen LogP contribution is 2.33. The molecule has 2 amide bonds. The van der Waals surface area contributed by atoms with Gasteiger partial charge in [0.1, 0.15) is 0 Å². The van der Waals surface area contributed by atoms with Gasteiger partial charge in [0.2, 0.25) is 5.91 Å². The fourth-order valence-electron chi connectivity index (χ4n) is 4.56. The molecule has 1 saturated heterocycles. The van der Waals surface area contributed by atoms with E-state index in [2.05, 4.69) is 39.5 Å². The van der Waals surface area contributed by atoms with Crippen molar-refractivity contribution in [1.82, 2.24) is 20.1 Å². The van der Waals surface area contributed by atoms with E-state index in [1.807, 2.05) is 36.4 Å². The first-order valence-corrected chi connectivity index (χ1v) is 11.4. The lowest BCUT2D eigenvalue weighted by Gasteiger charge is -2.45. The van der Waals surface area contributed by atoms with E-state index in [4.69, 9.17) is 0 Å². The summed E-state index contributed by atoms with van der Waals surface area (Å²) in [6, 6.07) is 21.8. The van der Waals surface area contributed by atoms with Crippen molar-refractivity contribution in [3.8, 4) is 0 Å². The van der Waals surface area contributed by atoms with Crippen LogP contribution in [0.15, 0.2) is 79.1 Å². The minimum absolute atomic E-state index is 0.0469. The molecule has 1 fully saturated rings. The van der Waals surface area contributed by atoms with Crippen LogP contribution in [0.3, 0.4) is 0 Å². The zero-order valence-corrected chi connectivity index (χ0v) is 19.1. The van der Waals surface area contributed by atoms with Gasteiger partial charge in [-0.15, -0.1) is 0 Å². The van der Waals surface area contributed by atoms with E-state index in [0.29, 0.717) is 37.0 Å². The zero-order chi connectivity index (χ0) is 23.9. The molecular weight excluding hydrogens is 428 g/mol. The third-order valence-corrected chi connectivity index (χ3v) is 6.22. The smallest absolute Gasteiger partial charge is 0.255 e. The van der Waals surface area contributed by atoms with Crippen molar-refractivity contribution >= 4 is 18.1 Å². The van der Waals surface area contributed by atoms with Crippen LogP contribution in [0.25, 0.3) is 0 Å². The molecule has 34 heavy (non-hydrogen) atoms.